The molecule has 3 fully saturated rings. The summed E-state index contributed by atoms with van der Waals surface area (Å²) in [6.45, 7) is 1.95. The van der Waals surface area contributed by atoms with Crippen molar-refractivity contribution in [3.05, 3.63) is 40.4 Å². The van der Waals surface area contributed by atoms with E-state index in [4.69, 9.17) is 11.6 Å². The first-order valence-corrected chi connectivity index (χ1v) is 12.7. The second-order valence-electron chi connectivity index (χ2n) is 9.27. The smallest absolute Gasteiger partial charge is 0.308 e. The number of rotatable bonds is 5. The summed E-state index contributed by atoms with van der Waals surface area (Å²) in [4.78, 5) is 34.6. The van der Waals surface area contributed by atoms with Crippen LogP contribution in [0.4, 0.5) is 10.2 Å². The van der Waals surface area contributed by atoms with Crippen molar-refractivity contribution in [2.24, 2.45) is 17.8 Å². The highest BCUT2D eigenvalue weighted by molar-refractivity contribution is 7.15. The summed E-state index contributed by atoms with van der Waals surface area (Å²) in [5, 5.41) is 13.4. The van der Waals surface area contributed by atoms with Crippen molar-refractivity contribution in [3.63, 3.8) is 0 Å². The second kappa shape index (κ2) is 8.53. The summed E-state index contributed by atoms with van der Waals surface area (Å²) < 4.78 is 15.9. The number of thiophene rings is 1. The third-order valence-corrected chi connectivity index (χ3v) is 8.41. The van der Waals surface area contributed by atoms with Gasteiger partial charge in [-0.25, -0.2) is 24.3 Å². The number of carboxylic acids is 1. The largest absolute Gasteiger partial charge is 0.481 e. The minimum Gasteiger partial charge on any atom is -0.481 e. The quantitative estimate of drug-likeness (QED) is 0.321. The summed E-state index contributed by atoms with van der Waals surface area (Å²) in [5.41, 5.74) is 1.68. The first kappa shape index (κ1) is 22.4. The van der Waals surface area contributed by atoms with E-state index in [1.165, 1.54) is 17.5 Å². The highest BCUT2D eigenvalue weighted by Gasteiger charge is 2.47. The standard InChI is InChI=1S/C24H22ClFN6O2S/c1-10-2-7-14(35-10)20-17(26)22(30-18-12-5-3-11(4-6-12)16(18)24(33)34)32-21(31-20)13-8-27-23-19(13)29-15(25)9-28-23/h2,7-9,11-12,16,18H,3-6H2,1H3,(H,27,28)(H,33,34)(H,30,31,32)/t11?,12?,16-,18-/m0/s1. The van der Waals surface area contributed by atoms with E-state index >= 15 is 4.39 Å². The Kier molecular flexibility index (Phi) is 5.45. The maximum Gasteiger partial charge on any atom is 0.308 e. The Hall–Kier alpha value is -3.11. The molecule has 3 N–H and O–H groups in total. The van der Waals surface area contributed by atoms with Crippen LogP contribution in [0.15, 0.2) is 24.5 Å². The maximum absolute atomic E-state index is 15.9. The Bertz CT molecular complexity index is 1450. The topological polar surface area (TPSA) is 117 Å². The zero-order chi connectivity index (χ0) is 24.3. The number of anilines is 1. The molecule has 0 aromatic carbocycles. The zero-order valence-corrected chi connectivity index (χ0v) is 20.3. The number of nitrogens with one attached hydrogen (secondary N) is 2. The summed E-state index contributed by atoms with van der Waals surface area (Å²) in [5.74, 6) is -1.51. The molecule has 0 aliphatic heterocycles. The molecular weight excluding hydrogens is 491 g/mol. The third kappa shape index (κ3) is 3.84. The van der Waals surface area contributed by atoms with Crippen LogP contribution in [0.25, 0.3) is 33.1 Å². The van der Waals surface area contributed by atoms with Crippen LogP contribution in [-0.2, 0) is 4.79 Å². The van der Waals surface area contributed by atoms with Gasteiger partial charge in [0.05, 0.1) is 22.6 Å². The number of aliphatic carboxylic acids is 1. The van der Waals surface area contributed by atoms with Gasteiger partial charge in [0, 0.05) is 17.1 Å². The van der Waals surface area contributed by atoms with Crippen LogP contribution < -0.4 is 5.32 Å². The summed E-state index contributed by atoms with van der Waals surface area (Å²) >= 11 is 7.51. The molecule has 0 spiro atoms. The Morgan fingerprint density at radius 1 is 1.20 bits per heavy atom. The van der Waals surface area contributed by atoms with E-state index in [0.29, 0.717) is 21.6 Å². The molecular formula is C24H22ClFN6O2S. The molecule has 0 saturated heterocycles. The van der Waals surface area contributed by atoms with Crippen LogP contribution in [0.1, 0.15) is 30.6 Å². The number of halogens is 2. The van der Waals surface area contributed by atoms with E-state index < -0.39 is 23.7 Å². The highest BCUT2D eigenvalue weighted by Crippen LogP contribution is 2.47. The van der Waals surface area contributed by atoms with Crippen LogP contribution in [0, 0.1) is 30.5 Å². The van der Waals surface area contributed by atoms with Crippen molar-refractivity contribution in [3.8, 4) is 22.0 Å². The summed E-state index contributed by atoms with van der Waals surface area (Å²) in [7, 11) is 0. The van der Waals surface area contributed by atoms with Gasteiger partial charge in [-0.15, -0.1) is 11.3 Å². The number of H-pyrrole nitrogens is 1. The van der Waals surface area contributed by atoms with Gasteiger partial charge in [-0.05, 0) is 56.6 Å². The third-order valence-electron chi connectivity index (χ3n) is 7.22. The SMILES string of the molecule is Cc1ccc(-c2nc(-c3c[nH]c4ncc(Cl)nc34)nc(N[C@H]3C4CCC(CC4)[C@@H]3C(=O)O)c2F)s1. The van der Waals surface area contributed by atoms with Crippen molar-refractivity contribution in [2.75, 3.05) is 5.32 Å². The number of aromatic amines is 1. The van der Waals surface area contributed by atoms with Crippen molar-refractivity contribution in [1.29, 1.82) is 0 Å². The predicted molar refractivity (Wildman–Crippen MR) is 132 cm³/mol. The van der Waals surface area contributed by atoms with Crippen molar-refractivity contribution < 1.29 is 14.3 Å². The number of aromatic nitrogens is 5. The molecule has 35 heavy (non-hydrogen) atoms. The Morgan fingerprint density at radius 2 is 1.97 bits per heavy atom. The van der Waals surface area contributed by atoms with Gasteiger partial charge >= 0.3 is 5.97 Å². The number of hydrogen-bond acceptors (Lipinski definition) is 7. The lowest BCUT2D eigenvalue weighted by Crippen LogP contribution is -2.51. The first-order valence-electron chi connectivity index (χ1n) is 11.5. The van der Waals surface area contributed by atoms with Crippen LogP contribution in [0.2, 0.25) is 5.15 Å². The van der Waals surface area contributed by atoms with Crippen LogP contribution in [0.3, 0.4) is 0 Å². The molecule has 0 amide bonds. The van der Waals surface area contributed by atoms with Gasteiger partial charge in [0.1, 0.15) is 16.4 Å². The lowest BCUT2D eigenvalue weighted by molar-refractivity contribution is -0.148. The number of carboxylic acid groups (broad SMARTS) is 1. The molecule has 3 saturated carbocycles. The number of fused-ring (bicyclic) bond motifs is 4. The van der Waals surface area contributed by atoms with Gasteiger partial charge in [0.15, 0.2) is 23.1 Å². The molecule has 4 heterocycles. The number of aryl methyl sites for hydroxylation is 1. The molecule has 7 rings (SSSR count). The van der Waals surface area contributed by atoms with Crippen molar-refractivity contribution >= 4 is 45.9 Å². The van der Waals surface area contributed by atoms with Crippen molar-refractivity contribution in [1.82, 2.24) is 24.9 Å². The minimum atomic E-state index is -0.845. The van der Waals surface area contributed by atoms with Crippen molar-refractivity contribution in [2.45, 2.75) is 38.6 Å². The fraction of sp³-hybridized carbons (Fsp3) is 0.375. The summed E-state index contributed by atoms with van der Waals surface area (Å²) in [6.07, 6.45) is 6.76. The highest BCUT2D eigenvalue weighted by atomic mass is 35.5. The van der Waals surface area contributed by atoms with E-state index in [1.54, 1.807) is 6.20 Å². The molecule has 4 aromatic rings. The second-order valence-corrected chi connectivity index (χ2v) is 10.9. The van der Waals surface area contributed by atoms with E-state index in [-0.39, 0.29) is 34.3 Å². The molecule has 3 aliphatic carbocycles. The van der Waals surface area contributed by atoms with Gasteiger partial charge in [-0.1, -0.05) is 11.6 Å². The van der Waals surface area contributed by atoms with E-state index in [9.17, 15) is 9.90 Å². The average molecular weight is 513 g/mol. The molecule has 0 radical (unpaired) electrons. The molecule has 0 unspecified atom stereocenters. The van der Waals surface area contributed by atoms with Gasteiger partial charge in [0.2, 0.25) is 0 Å². The lowest BCUT2D eigenvalue weighted by atomic mass is 9.61. The first-order chi connectivity index (χ1) is 16.9. The number of nitrogens with zero attached hydrogens (tertiary/aromatic N) is 4. The molecule has 2 atom stereocenters. The van der Waals surface area contributed by atoms with E-state index in [0.717, 1.165) is 30.6 Å². The Morgan fingerprint density at radius 3 is 2.69 bits per heavy atom. The fourth-order valence-electron chi connectivity index (χ4n) is 5.60. The zero-order valence-electron chi connectivity index (χ0n) is 18.8. The maximum atomic E-state index is 15.9. The van der Waals surface area contributed by atoms with Crippen LogP contribution in [-0.4, -0.2) is 42.0 Å². The van der Waals surface area contributed by atoms with Gasteiger partial charge in [0.25, 0.3) is 0 Å². The molecule has 8 nitrogen and oxygen atoms in total. The average Bonchev–Trinajstić information content (AvgIpc) is 3.46. The predicted octanol–water partition coefficient (Wildman–Crippen LogP) is 5.55. The molecule has 3 aliphatic rings. The molecule has 11 heteroatoms. The lowest BCUT2D eigenvalue weighted by Gasteiger charge is -2.47. The van der Waals surface area contributed by atoms with E-state index in [1.807, 2.05) is 19.1 Å². The van der Waals surface area contributed by atoms with Crippen LogP contribution >= 0.6 is 22.9 Å². The monoisotopic (exact) mass is 512 g/mol. The molecule has 2 bridgehead atoms. The summed E-state index contributed by atoms with van der Waals surface area (Å²) in [6, 6.07) is 3.34. The Labute approximate surface area is 209 Å². The Balaban J connectivity index is 1.50. The van der Waals surface area contributed by atoms with E-state index in [2.05, 4.69) is 30.2 Å². The van der Waals surface area contributed by atoms with Gasteiger partial charge in [-0.3, -0.25) is 4.79 Å². The normalized spacial score (nSPS) is 23.6. The fourth-order valence-corrected chi connectivity index (χ4v) is 6.58. The van der Waals surface area contributed by atoms with Crippen LogP contribution in [0.5, 0.6) is 0 Å². The molecule has 180 valence electrons. The number of carbonyl (C=O) groups is 1. The minimum absolute atomic E-state index is 0.00388. The van der Waals surface area contributed by atoms with Gasteiger partial charge in [-0.2, -0.15) is 0 Å². The molecule has 4 aromatic heterocycles. The number of hydrogen-bond donors (Lipinski definition) is 3. The van der Waals surface area contributed by atoms with Gasteiger partial charge < -0.3 is 15.4 Å².